The Balaban J connectivity index is 0.000000791. The molecule has 1 rings (SSSR count). The summed E-state index contributed by atoms with van der Waals surface area (Å²) < 4.78 is 0. The molecule has 0 amide bonds. The minimum Gasteiger partial charge on any atom is -0.308 e. The predicted octanol–water partition coefficient (Wildman–Crippen LogP) is 0.820. The number of likely N-dealkylation sites (tertiary alicyclic amines) is 1. The van der Waals surface area contributed by atoms with Crippen LogP contribution in [0.3, 0.4) is 0 Å². The fourth-order valence-electron chi connectivity index (χ4n) is 1.49. The van der Waals surface area contributed by atoms with Gasteiger partial charge < -0.3 is 9.80 Å². The van der Waals surface area contributed by atoms with Crippen molar-refractivity contribution in [2.24, 2.45) is 0 Å². The molecule has 0 aromatic rings. The van der Waals surface area contributed by atoms with E-state index in [2.05, 4.69) is 42.9 Å². The largest absolute Gasteiger partial charge is 0.308 e. The average molecular weight is 201 g/mol. The van der Waals surface area contributed by atoms with Crippen molar-refractivity contribution in [3.05, 3.63) is 0 Å². The van der Waals surface area contributed by atoms with Crippen LogP contribution < -0.4 is 0 Å². The molecule has 0 aromatic carbocycles. The third kappa shape index (κ3) is 4.94. The summed E-state index contributed by atoms with van der Waals surface area (Å²) in [7, 11) is 8.65. The molecular formula is C11H27N3. The van der Waals surface area contributed by atoms with E-state index in [9.17, 15) is 0 Å². The number of nitrogens with zero attached hydrogens (tertiary/aromatic N) is 3. The normalized spacial score (nSPS) is 18.0. The molecule has 0 unspecified atom stereocenters. The van der Waals surface area contributed by atoms with Crippen LogP contribution in [-0.2, 0) is 0 Å². The van der Waals surface area contributed by atoms with Crippen LogP contribution in [0.15, 0.2) is 0 Å². The minimum atomic E-state index is 0.801. The van der Waals surface area contributed by atoms with Crippen molar-refractivity contribution in [2.45, 2.75) is 19.9 Å². The third-order valence-electron chi connectivity index (χ3n) is 2.57. The predicted molar refractivity (Wildman–Crippen MR) is 63.8 cm³/mol. The number of rotatable bonds is 4. The summed E-state index contributed by atoms with van der Waals surface area (Å²) in [6, 6.07) is 0.801. The highest BCUT2D eigenvalue weighted by Crippen LogP contribution is 2.09. The van der Waals surface area contributed by atoms with Gasteiger partial charge in [-0.1, -0.05) is 13.8 Å². The molecule has 0 aromatic heterocycles. The summed E-state index contributed by atoms with van der Waals surface area (Å²) in [6.45, 7) is 8.83. The molecule has 1 saturated heterocycles. The summed E-state index contributed by atoms with van der Waals surface area (Å²) in [5, 5.41) is 0. The monoisotopic (exact) mass is 201 g/mol. The molecule has 0 saturated carbocycles. The smallest absolute Gasteiger partial charge is 0.0347 e. The van der Waals surface area contributed by atoms with Gasteiger partial charge in [0, 0.05) is 32.2 Å². The lowest BCUT2D eigenvalue weighted by Gasteiger charge is -2.42. The van der Waals surface area contributed by atoms with Crippen molar-refractivity contribution in [1.29, 1.82) is 0 Å². The SMILES string of the molecule is CC.CN(C)CCN(C)C1CN(C)C1. The Bertz CT molecular complexity index is 130. The zero-order valence-electron chi connectivity index (χ0n) is 10.7. The maximum Gasteiger partial charge on any atom is 0.0347 e. The second-order valence-electron chi connectivity index (χ2n) is 4.16. The molecule has 0 radical (unpaired) electrons. The van der Waals surface area contributed by atoms with E-state index in [1.165, 1.54) is 19.6 Å². The fourth-order valence-corrected chi connectivity index (χ4v) is 1.49. The van der Waals surface area contributed by atoms with Crippen LogP contribution in [0.5, 0.6) is 0 Å². The number of hydrogen-bond donors (Lipinski definition) is 0. The Morgan fingerprint density at radius 1 is 1.07 bits per heavy atom. The van der Waals surface area contributed by atoms with Crippen molar-refractivity contribution < 1.29 is 0 Å². The van der Waals surface area contributed by atoms with Crippen molar-refractivity contribution in [2.75, 3.05) is 54.4 Å². The van der Waals surface area contributed by atoms with Gasteiger partial charge in [0.25, 0.3) is 0 Å². The molecule has 0 N–H and O–H groups in total. The van der Waals surface area contributed by atoms with Crippen LogP contribution in [0, 0.1) is 0 Å². The summed E-state index contributed by atoms with van der Waals surface area (Å²) in [5.74, 6) is 0. The molecule has 86 valence electrons. The molecule has 1 aliphatic rings. The van der Waals surface area contributed by atoms with Crippen LogP contribution in [0.1, 0.15) is 13.8 Å². The van der Waals surface area contributed by atoms with Crippen molar-refractivity contribution in [3.8, 4) is 0 Å². The zero-order chi connectivity index (χ0) is 11.1. The van der Waals surface area contributed by atoms with Gasteiger partial charge in [0.1, 0.15) is 0 Å². The maximum absolute atomic E-state index is 2.46. The lowest BCUT2D eigenvalue weighted by molar-refractivity contribution is 0.0666. The van der Waals surface area contributed by atoms with Gasteiger partial charge >= 0.3 is 0 Å². The minimum absolute atomic E-state index is 0.801. The second kappa shape index (κ2) is 7.21. The maximum atomic E-state index is 2.46. The second-order valence-corrected chi connectivity index (χ2v) is 4.16. The van der Waals surface area contributed by atoms with E-state index in [0.29, 0.717) is 0 Å². The van der Waals surface area contributed by atoms with E-state index in [-0.39, 0.29) is 0 Å². The van der Waals surface area contributed by atoms with Gasteiger partial charge in [0.15, 0.2) is 0 Å². The van der Waals surface area contributed by atoms with Gasteiger partial charge in [-0.25, -0.2) is 0 Å². The zero-order valence-corrected chi connectivity index (χ0v) is 10.7. The van der Waals surface area contributed by atoms with Gasteiger partial charge in [-0.05, 0) is 28.2 Å². The Labute approximate surface area is 89.7 Å². The average Bonchev–Trinajstić information content (AvgIpc) is 2.12. The fraction of sp³-hybridized carbons (Fsp3) is 1.00. The summed E-state index contributed by atoms with van der Waals surface area (Å²) in [6.07, 6.45) is 0. The Kier molecular flexibility index (Phi) is 7.15. The van der Waals surface area contributed by atoms with Gasteiger partial charge in [-0.3, -0.25) is 4.90 Å². The van der Waals surface area contributed by atoms with E-state index < -0.39 is 0 Å². The summed E-state index contributed by atoms with van der Waals surface area (Å²) in [5.41, 5.74) is 0. The molecule has 1 heterocycles. The molecular weight excluding hydrogens is 174 g/mol. The molecule has 1 aliphatic heterocycles. The van der Waals surface area contributed by atoms with Gasteiger partial charge in [0.05, 0.1) is 0 Å². The standard InChI is InChI=1S/C9H21N3.C2H6/c1-10(2)5-6-12(4)9-7-11(3)8-9;1-2/h9H,5-8H2,1-4H3;1-2H3. The first-order chi connectivity index (χ1) is 6.59. The first kappa shape index (κ1) is 13.9. The van der Waals surface area contributed by atoms with Gasteiger partial charge in [-0.15, -0.1) is 0 Å². The molecule has 3 heteroatoms. The third-order valence-corrected chi connectivity index (χ3v) is 2.57. The van der Waals surface area contributed by atoms with E-state index in [4.69, 9.17) is 0 Å². The lowest BCUT2D eigenvalue weighted by atomic mass is 10.1. The Morgan fingerprint density at radius 3 is 1.93 bits per heavy atom. The van der Waals surface area contributed by atoms with E-state index >= 15 is 0 Å². The van der Waals surface area contributed by atoms with Crippen molar-refractivity contribution in [3.63, 3.8) is 0 Å². The van der Waals surface area contributed by atoms with Crippen molar-refractivity contribution >= 4 is 0 Å². The van der Waals surface area contributed by atoms with Crippen LogP contribution in [-0.4, -0.2) is 75.1 Å². The van der Waals surface area contributed by atoms with Crippen molar-refractivity contribution in [1.82, 2.24) is 14.7 Å². The van der Waals surface area contributed by atoms with Gasteiger partial charge in [-0.2, -0.15) is 0 Å². The molecule has 0 atom stereocenters. The first-order valence-corrected chi connectivity index (χ1v) is 5.63. The molecule has 0 aliphatic carbocycles. The Hall–Kier alpha value is -0.120. The highest BCUT2D eigenvalue weighted by Gasteiger charge is 2.26. The highest BCUT2D eigenvalue weighted by atomic mass is 15.3. The quantitative estimate of drug-likeness (QED) is 0.667. The van der Waals surface area contributed by atoms with Crippen LogP contribution in [0.4, 0.5) is 0 Å². The highest BCUT2D eigenvalue weighted by molar-refractivity contribution is 4.84. The van der Waals surface area contributed by atoms with Crippen LogP contribution in [0.2, 0.25) is 0 Å². The van der Waals surface area contributed by atoms with Crippen LogP contribution >= 0.6 is 0 Å². The molecule has 0 bridgehead atoms. The molecule has 1 fully saturated rings. The topological polar surface area (TPSA) is 9.72 Å². The first-order valence-electron chi connectivity index (χ1n) is 5.63. The molecule has 3 nitrogen and oxygen atoms in total. The van der Waals surface area contributed by atoms with Crippen LogP contribution in [0.25, 0.3) is 0 Å². The summed E-state index contributed by atoms with van der Waals surface area (Å²) >= 11 is 0. The van der Waals surface area contributed by atoms with E-state index in [0.717, 1.165) is 12.6 Å². The lowest BCUT2D eigenvalue weighted by Crippen LogP contribution is -2.57. The molecule has 14 heavy (non-hydrogen) atoms. The summed E-state index contributed by atoms with van der Waals surface area (Å²) in [4.78, 5) is 7.05. The van der Waals surface area contributed by atoms with Gasteiger partial charge in [0.2, 0.25) is 0 Å². The Morgan fingerprint density at radius 2 is 1.57 bits per heavy atom. The molecule has 0 spiro atoms. The number of likely N-dealkylation sites (N-methyl/N-ethyl adjacent to an activating group) is 3. The van der Waals surface area contributed by atoms with E-state index in [1.54, 1.807) is 0 Å². The van der Waals surface area contributed by atoms with E-state index in [1.807, 2.05) is 13.8 Å². The number of hydrogen-bond acceptors (Lipinski definition) is 3.